The molecule has 1 aliphatic heterocycles. The number of likely N-dealkylation sites (tertiary alicyclic amines) is 1. The van der Waals surface area contributed by atoms with Crippen LogP contribution >= 0.6 is 0 Å². The zero-order valence-electron chi connectivity index (χ0n) is 9.99. The Morgan fingerprint density at radius 3 is 2.60 bits per heavy atom. The minimum absolute atomic E-state index is 0.202. The van der Waals surface area contributed by atoms with E-state index < -0.39 is 5.60 Å². The van der Waals surface area contributed by atoms with E-state index in [1.165, 1.54) is 0 Å². The van der Waals surface area contributed by atoms with E-state index in [-0.39, 0.29) is 6.09 Å². The molecule has 0 atom stereocenters. The summed E-state index contributed by atoms with van der Waals surface area (Å²) in [6, 6.07) is 0. The van der Waals surface area contributed by atoms with Crippen LogP contribution in [0.25, 0.3) is 0 Å². The molecule has 0 aromatic rings. The third-order valence-electron chi connectivity index (χ3n) is 2.23. The maximum absolute atomic E-state index is 11.5. The predicted molar refractivity (Wildman–Crippen MR) is 60.3 cm³/mol. The van der Waals surface area contributed by atoms with Crippen molar-refractivity contribution in [2.75, 3.05) is 20.1 Å². The van der Waals surface area contributed by atoms with Crippen molar-refractivity contribution in [1.29, 1.82) is 0 Å². The van der Waals surface area contributed by atoms with Crippen LogP contribution in [0.3, 0.4) is 0 Å². The molecule has 1 amide bonds. The van der Waals surface area contributed by atoms with Crippen LogP contribution in [0.4, 0.5) is 4.79 Å². The van der Waals surface area contributed by atoms with Crippen LogP contribution in [-0.4, -0.2) is 42.9 Å². The standard InChI is InChI=1S/C11H20N2O2/c1-11(2,3)15-10(14)13-7-9(8-13)5-6-12-4/h6,9H,5,7-8H2,1-4H3. The number of ether oxygens (including phenoxy) is 1. The molecule has 0 N–H and O–H groups in total. The fraction of sp³-hybridized carbons (Fsp3) is 0.818. The van der Waals surface area contributed by atoms with Crippen molar-refractivity contribution in [1.82, 2.24) is 4.90 Å². The SMILES string of the molecule is CN=CCC1CN(C(=O)OC(C)(C)C)C1. The largest absolute Gasteiger partial charge is 0.444 e. The number of aliphatic imine (C=N–C) groups is 1. The second kappa shape index (κ2) is 4.64. The average Bonchev–Trinajstić information content (AvgIpc) is 1.98. The molecule has 4 nitrogen and oxygen atoms in total. The Morgan fingerprint density at radius 1 is 1.53 bits per heavy atom. The Balaban J connectivity index is 2.24. The van der Waals surface area contributed by atoms with E-state index in [1.807, 2.05) is 27.0 Å². The van der Waals surface area contributed by atoms with Crippen molar-refractivity contribution < 1.29 is 9.53 Å². The summed E-state index contributed by atoms with van der Waals surface area (Å²) in [4.78, 5) is 17.2. The molecule has 1 fully saturated rings. The minimum atomic E-state index is -0.396. The van der Waals surface area contributed by atoms with Crippen LogP contribution < -0.4 is 0 Å². The van der Waals surface area contributed by atoms with Crippen LogP contribution in [0.15, 0.2) is 4.99 Å². The molecule has 0 aliphatic carbocycles. The molecule has 0 bridgehead atoms. The van der Waals surface area contributed by atoms with Crippen molar-refractivity contribution >= 4 is 12.3 Å². The second-order valence-corrected chi connectivity index (χ2v) is 4.93. The summed E-state index contributed by atoms with van der Waals surface area (Å²) in [5.74, 6) is 0.557. The Bertz CT molecular complexity index is 250. The number of hydrogen-bond donors (Lipinski definition) is 0. The first-order valence-corrected chi connectivity index (χ1v) is 5.31. The summed E-state index contributed by atoms with van der Waals surface area (Å²) in [6.07, 6.45) is 2.65. The van der Waals surface area contributed by atoms with Gasteiger partial charge in [0.05, 0.1) is 0 Å². The summed E-state index contributed by atoms with van der Waals surface area (Å²) in [7, 11) is 1.77. The molecule has 0 saturated carbocycles. The van der Waals surface area contributed by atoms with Gasteiger partial charge < -0.3 is 14.6 Å². The Morgan fingerprint density at radius 2 is 2.13 bits per heavy atom. The fourth-order valence-corrected chi connectivity index (χ4v) is 1.45. The van der Waals surface area contributed by atoms with Crippen molar-refractivity contribution in [3.8, 4) is 0 Å². The van der Waals surface area contributed by atoms with Crippen LogP contribution in [0.2, 0.25) is 0 Å². The van der Waals surface area contributed by atoms with Crippen LogP contribution in [-0.2, 0) is 4.74 Å². The molecule has 4 heteroatoms. The molecule has 86 valence electrons. The number of carbonyl (C=O) groups is 1. The number of hydrogen-bond acceptors (Lipinski definition) is 3. The number of nitrogens with zero attached hydrogens (tertiary/aromatic N) is 2. The lowest BCUT2D eigenvalue weighted by Crippen LogP contribution is -2.51. The first kappa shape index (κ1) is 12.0. The Hall–Kier alpha value is -1.06. The quantitative estimate of drug-likeness (QED) is 0.656. The van der Waals surface area contributed by atoms with Crippen LogP contribution in [0, 0.1) is 5.92 Å². The molecule has 0 aromatic heterocycles. The first-order valence-electron chi connectivity index (χ1n) is 5.31. The summed E-state index contributed by atoms with van der Waals surface area (Å²) in [6.45, 7) is 7.23. The van der Waals surface area contributed by atoms with Gasteiger partial charge in [0.15, 0.2) is 0 Å². The predicted octanol–water partition coefficient (Wildman–Crippen LogP) is 1.94. The van der Waals surface area contributed by atoms with Crippen molar-refractivity contribution in [2.45, 2.75) is 32.8 Å². The van der Waals surface area contributed by atoms with Gasteiger partial charge in [0, 0.05) is 20.1 Å². The maximum atomic E-state index is 11.5. The molecule has 0 aromatic carbocycles. The highest BCUT2D eigenvalue weighted by Crippen LogP contribution is 2.21. The topological polar surface area (TPSA) is 41.9 Å². The fourth-order valence-electron chi connectivity index (χ4n) is 1.45. The van der Waals surface area contributed by atoms with Gasteiger partial charge in [-0.15, -0.1) is 0 Å². The van der Waals surface area contributed by atoms with Gasteiger partial charge in [-0.3, -0.25) is 0 Å². The number of rotatable bonds is 2. The molecule has 15 heavy (non-hydrogen) atoms. The van der Waals surface area contributed by atoms with Gasteiger partial charge >= 0.3 is 6.09 Å². The van der Waals surface area contributed by atoms with E-state index in [4.69, 9.17) is 4.74 Å². The van der Waals surface area contributed by atoms with E-state index in [0.717, 1.165) is 19.5 Å². The molecule has 1 heterocycles. The molecule has 1 saturated heterocycles. The van der Waals surface area contributed by atoms with Gasteiger partial charge in [-0.05, 0) is 39.3 Å². The van der Waals surface area contributed by atoms with E-state index >= 15 is 0 Å². The summed E-state index contributed by atoms with van der Waals surface area (Å²) >= 11 is 0. The molecule has 0 unspecified atom stereocenters. The second-order valence-electron chi connectivity index (χ2n) is 4.93. The Kier molecular flexibility index (Phi) is 3.72. The van der Waals surface area contributed by atoms with Gasteiger partial charge in [0.25, 0.3) is 0 Å². The summed E-state index contributed by atoms with van der Waals surface area (Å²) < 4.78 is 5.25. The summed E-state index contributed by atoms with van der Waals surface area (Å²) in [5, 5.41) is 0. The zero-order chi connectivity index (χ0) is 11.5. The molecule has 0 radical (unpaired) electrons. The molecule has 0 spiro atoms. The van der Waals surface area contributed by atoms with E-state index in [2.05, 4.69) is 4.99 Å². The lowest BCUT2D eigenvalue weighted by Gasteiger charge is -2.39. The summed E-state index contributed by atoms with van der Waals surface area (Å²) in [5.41, 5.74) is -0.396. The zero-order valence-corrected chi connectivity index (χ0v) is 9.99. The normalized spacial score (nSPS) is 18.0. The molecular formula is C11H20N2O2. The van der Waals surface area contributed by atoms with Crippen molar-refractivity contribution in [2.24, 2.45) is 10.9 Å². The van der Waals surface area contributed by atoms with Gasteiger partial charge in [-0.25, -0.2) is 4.79 Å². The third-order valence-corrected chi connectivity index (χ3v) is 2.23. The first-order chi connectivity index (χ1) is 6.92. The van der Waals surface area contributed by atoms with Gasteiger partial charge in [-0.1, -0.05) is 0 Å². The molecule has 1 aliphatic rings. The minimum Gasteiger partial charge on any atom is -0.444 e. The molecular weight excluding hydrogens is 192 g/mol. The van der Waals surface area contributed by atoms with Crippen molar-refractivity contribution in [3.05, 3.63) is 0 Å². The number of amides is 1. The lowest BCUT2D eigenvalue weighted by molar-refractivity contribution is 0.000170. The highest BCUT2D eigenvalue weighted by molar-refractivity contribution is 5.69. The smallest absolute Gasteiger partial charge is 0.410 e. The Labute approximate surface area is 91.3 Å². The van der Waals surface area contributed by atoms with Crippen molar-refractivity contribution in [3.63, 3.8) is 0 Å². The van der Waals surface area contributed by atoms with E-state index in [9.17, 15) is 4.79 Å². The van der Waals surface area contributed by atoms with E-state index in [0.29, 0.717) is 5.92 Å². The monoisotopic (exact) mass is 212 g/mol. The maximum Gasteiger partial charge on any atom is 0.410 e. The van der Waals surface area contributed by atoms with Gasteiger partial charge in [0.2, 0.25) is 0 Å². The highest BCUT2D eigenvalue weighted by atomic mass is 16.6. The highest BCUT2D eigenvalue weighted by Gasteiger charge is 2.32. The van der Waals surface area contributed by atoms with Crippen LogP contribution in [0.5, 0.6) is 0 Å². The number of carbonyl (C=O) groups excluding carboxylic acids is 1. The van der Waals surface area contributed by atoms with Gasteiger partial charge in [0.1, 0.15) is 5.60 Å². The third kappa shape index (κ3) is 3.90. The van der Waals surface area contributed by atoms with Gasteiger partial charge in [-0.2, -0.15) is 0 Å². The van der Waals surface area contributed by atoms with Crippen LogP contribution in [0.1, 0.15) is 27.2 Å². The lowest BCUT2D eigenvalue weighted by atomic mass is 9.98. The molecule has 1 rings (SSSR count). The van der Waals surface area contributed by atoms with E-state index in [1.54, 1.807) is 11.9 Å². The average molecular weight is 212 g/mol.